The Morgan fingerprint density at radius 2 is 1.60 bits per heavy atom. The lowest BCUT2D eigenvalue weighted by Crippen LogP contribution is -2.42. The maximum atomic E-state index is 13.2. The van der Waals surface area contributed by atoms with Crippen LogP contribution < -0.4 is 18.9 Å². The molecule has 0 bridgehead atoms. The van der Waals surface area contributed by atoms with Crippen molar-refractivity contribution in [3.05, 3.63) is 42.0 Å². The van der Waals surface area contributed by atoms with Gasteiger partial charge in [-0.15, -0.1) is 0 Å². The molecule has 30 heavy (non-hydrogen) atoms. The number of ketones is 1. The molecule has 0 radical (unpaired) electrons. The lowest BCUT2D eigenvalue weighted by Gasteiger charge is -2.31. The zero-order valence-corrected chi connectivity index (χ0v) is 17.0. The van der Waals surface area contributed by atoms with Gasteiger partial charge in [0.15, 0.2) is 28.8 Å². The molecule has 0 saturated carbocycles. The fourth-order valence-corrected chi connectivity index (χ4v) is 5.53. The van der Waals surface area contributed by atoms with Crippen LogP contribution in [-0.2, 0) is 10.0 Å². The summed E-state index contributed by atoms with van der Waals surface area (Å²) in [6.45, 7) is 1.48. The number of Topliss-reactive ketones (excluding diaryl/α,β-unsaturated/α-hetero) is 1. The highest BCUT2D eigenvalue weighted by Gasteiger charge is 2.34. The minimum atomic E-state index is -3.75. The Kier molecular flexibility index (Phi) is 4.79. The molecule has 8 nitrogen and oxygen atoms in total. The second kappa shape index (κ2) is 7.48. The second-order valence-electron chi connectivity index (χ2n) is 7.44. The van der Waals surface area contributed by atoms with E-state index in [9.17, 15) is 13.2 Å². The van der Waals surface area contributed by atoms with Gasteiger partial charge >= 0.3 is 0 Å². The quantitative estimate of drug-likeness (QED) is 0.687. The number of benzene rings is 2. The lowest BCUT2D eigenvalue weighted by molar-refractivity contribution is 0.0872. The van der Waals surface area contributed by atoms with Crippen molar-refractivity contribution in [2.24, 2.45) is 5.92 Å². The summed E-state index contributed by atoms with van der Waals surface area (Å²) >= 11 is 0. The minimum Gasteiger partial charge on any atom is -0.486 e. The number of carbonyl (C=O) groups is 1. The van der Waals surface area contributed by atoms with E-state index in [2.05, 4.69) is 0 Å². The van der Waals surface area contributed by atoms with Gasteiger partial charge in [0, 0.05) is 30.6 Å². The summed E-state index contributed by atoms with van der Waals surface area (Å²) in [7, 11) is -3.75. The van der Waals surface area contributed by atoms with E-state index in [1.54, 1.807) is 24.3 Å². The highest BCUT2D eigenvalue weighted by molar-refractivity contribution is 7.89. The minimum absolute atomic E-state index is 0.0876. The summed E-state index contributed by atoms with van der Waals surface area (Å²) in [5, 5.41) is 0. The van der Waals surface area contributed by atoms with Gasteiger partial charge in [-0.25, -0.2) is 8.42 Å². The maximum Gasteiger partial charge on any atom is 0.243 e. The molecule has 1 fully saturated rings. The first kappa shape index (κ1) is 19.2. The molecule has 2 aromatic carbocycles. The molecule has 158 valence electrons. The number of sulfonamides is 1. The monoisotopic (exact) mass is 431 g/mol. The van der Waals surface area contributed by atoms with Crippen molar-refractivity contribution in [2.75, 3.05) is 33.1 Å². The van der Waals surface area contributed by atoms with Crippen LogP contribution in [0.5, 0.6) is 23.0 Å². The van der Waals surface area contributed by atoms with Gasteiger partial charge in [-0.2, -0.15) is 4.31 Å². The number of hydrogen-bond acceptors (Lipinski definition) is 7. The Morgan fingerprint density at radius 1 is 0.900 bits per heavy atom. The average molecular weight is 431 g/mol. The van der Waals surface area contributed by atoms with Crippen molar-refractivity contribution in [1.82, 2.24) is 4.31 Å². The van der Waals surface area contributed by atoms with Crippen LogP contribution in [0.4, 0.5) is 0 Å². The predicted octanol–water partition coefficient (Wildman–Crippen LogP) is 2.47. The zero-order chi connectivity index (χ0) is 20.7. The number of carbonyl (C=O) groups excluding carboxylic acids is 1. The number of fused-ring (bicyclic) bond motifs is 2. The average Bonchev–Trinajstić information content (AvgIpc) is 3.26. The topological polar surface area (TPSA) is 91.4 Å². The van der Waals surface area contributed by atoms with Crippen molar-refractivity contribution >= 4 is 15.8 Å². The van der Waals surface area contributed by atoms with Crippen LogP contribution in [0.3, 0.4) is 0 Å². The Balaban J connectivity index is 1.36. The van der Waals surface area contributed by atoms with E-state index in [0.29, 0.717) is 61.2 Å². The van der Waals surface area contributed by atoms with Gasteiger partial charge < -0.3 is 18.9 Å². The molecular formula is C21H21NO7S. The molecule has 3 heterocycles. The van der Waals surface area contributed by atoms with E-state index in [-0.39, 0.29) is 24.0 Å². The third kappa shape index (κ3) is 3.37. The van der Waals surface area contributed by atoms with Crippen LogP contribution >= 0.6 is 0 Å². The molecule has 0 spiro atoms. The van der Waals surface area contributed by atoms with Crippen molar-refractivity contribution in [2.45, 2.75) is 17.7 Å². The fourth-order valence-electron chi connectivity index (χ4n) is 3.99. The van der Waals surface area contributed by atoms with Crippen molar-refractivity contribution in [3.8, 4) is 23.0 Å². The molecule has 3 aliphatic rings. The van der Waals surface area contributed by atoms with E-state index in [0.717, 1.165) is 0 Å². The molecule has 0 aromatic heterocycles. The van der Waals surface area contributed by atoms with Crippen LogP contribution in [0.15, 0.2) is 41.3 Å². The summed E-state index contributed by atoms with van der Waals surface area (Å²) < 4.78 is 49.4. The molecular weight excluding hydrogens is 410 g/mol. The maximum absolute atomic E-state index is 13.2. The molecule has 1 atom stereocenters. The number of hydrogen-bond donors (Lipinski definition) is 0. The van der Waals surface area contributed by atoms with Gasteiger partial charge in [-0.05, 0) is 43.2 Å². The molecule has 5 rings (SSSR count). The van der Waals surface area contributed by atoms with Gasteiger partial charge in [0.2, 0.25) is 16.8 Å². The molecule has 1 unspecified atom stereocenters. The Morgan fingerprint density at radius 3 is 2.47 bits per heavy atom. The van der Waals surface area contributed by atoms with Gasteiger partial charge in [0.1, 0.15) is 13.2 Å². The Labute approximate surface area is 174 Å². The largest absolute Gasteiger partial charge is 0.486 e. The van der Waals surface area contributed by atoms with Crippen LogP contribution in [0.2, 0.25) is 0 Å². The first-order valence-corrected chi connectivity index (χ1v) is 11.3. The highest BCUT2D eigenvalue weighted by Crippen LogP contribution is 2.36. The van der Waals surface area contributed by atoms with Crippen molar-refractivity contribution < 1.29 is 32.2 Å². The second-order valence-corrected chi connectivity index (χ2v) is 9.38. The van der Waals surface area contributed by atoms with E-state index < -0.39 is 15.9 Å². The summed E-state index contributed by atoms with van der Waals surface area (Å²) in [6.07, 6.45) is 1.26. The first-order chi connectivity index (χ1) is 14.5. The first-order valence-electron chi connectivity index (χ1n) is 9.86. The summed E-state index contributed by atoms with van der Waals surface area (Å²) in [5.41, 5.74) is 0.503. The third-order valence-electron chi connectivity index (χ3n) is 5.56. The van der Waals surface area contributed by atoms with E-state index in [1.807, 2.05) is 0 Å². The summed E-state index contributed by atoms with van der Waals surface area (Å²) in [6, 6.07) is 9.70. The normalized spacial score (nSPS) is 20.7. The lowest BCUT2D eigenvalue weighted by atomic mass is 9.91. The van der Waals surface area contributed by atoms with Crippen LogP contribution in [0, 0.1) is 5.92 Å². The number of nitrogens with zero attached hydrogens (tertiary/aromatic N) is 1. The molecule has 0 N–H and O–H groups in total. The summed E-state index contributed by atoms with van der Waals surface area (Å²) in [4.78, 5) is 13.2. The molecule has 9 heteroatoms. The molecule has 1 saturated heterocycles. The van der Waals surface area contributed by atoms with E-state index >= 15 is 0 Å². The molecule has 2 aromatic rings. The van der Waals surface area contributed by atoms with Gasteiger partial charge in [-0.1, -0.05) is 0 Å². The predicted molar refractivity (Wildman–Crippen MR) is 106 cm³/mol. The van der Waals surface area contributed by atoms with E-state index in [1.165, 1.54) is 16.4 Å². The summed E-state index contributed by atoms with van der Waals surface area (Å²) in [5.74, 6) is 1.61. The molecule has 0 amide bonds. The third-order valence-corrected chi connectivity index (χ3v) is 7.42. The molecule has 3 aliphatic heterocycles. The van der Waals surface area contributed by atoms with Crippen molar-refractivity contribution in [3.63, 3.8) is 0 Å². The van der Waals surface area contributed by atoms with Gasteiger partial charge in [-0.3, -0.25) is 4.79 Å². The number of rotatable bonds is 4. The SMILES string of the molecule is O=C(c1ccc2c(c1)OCO2)C1CCCN(S(=O)(=O)c2ccc3c(c2)OCCO3)C1. The Bertz CT molecular complexity index is 1100. The van der Waals surface area contributed by atoms with Crippen LogP contribution in [-0.4, -0.2) is 51.6 Å². The van der Waals surface area contributed by atoms with Crippen molar-refractivity contribution in [1.29, 1.82) is 0 Å². The van der Waals surface area contributed by atoms with Crippen LogP contribution in [0.25, 0.3) is 0 Å². The van der Waals surface area contributed by atoms with E-state index in [4.69, 9.17) is 18.9 Å². The standard InChI is InChI=1S/C21H21NO7S/c23-21(14-3-5-18-19(10-14)29-13-28-18)15-2-1-7-22(12-15)30(24,25)16-4-6-17-20(11-16)27-9-8-26-17/h3-6,10-11,15H,1-2,7-9,12-13H2. The van der Waals surface area contributed by atoms with Gasteiger partial charge in [0.25, 0.3) is 0 Å². The highest BCUT2D eigenvalue weighted by atomic mass is 32.2. The number of piperidine rings is 1. The smallest absolute Gasteiger partial charge is 0.243 e. The molecule has 0 aliphatic carbocycles. The van der Waals surface area contributed by atoms with Crippen LogP contribution in [0.1, 0.15) is 23.2 Å². The number of ether oxygens (including phenoxy) is 4. The van der Waals surface area contributed by atoms with Gasteiger partial charge in [0.05, 0.1) is 4.90 Å². The Hall–Kier alpha value is -2.78. The fraction of sp³-hybridized carbons (Fsp3) is 0.381. The zero-order valence-electron chi connectivity index (χ0n) is 16.2.